The van der Waals surface area contributed by atoms with Gasteiger partial charge >= 0.3 is 0 Å². The standard InChI is InChI=1S/C16H23N3O2/c1-3-19(15-7-5-4-6-8-15)16(21)13-17-9-11-18(12-10-17)14(2)20/h4-8H,3,9-13H2,1-2H3. The monoisotopic (exact) mass is 289 g/mol. The van der Waals surface area contributed by atoms with Gasteiger partial charge in [0, 0.05) is 45.3 Å². The molecule has 1 aliphatic rings. The van der Waals surface area contributed by atoms with Gasteiger partial charge in [-0.15, -0.1) is 0 Å². The van der Waals surface area contributed by atoms with Crippen LogP contribution in [0.15, 0.2) is 30.3 Å². The fourth-order valence-corrected chi connectivity index (χ4v) is 2.61. The highest BCUT2D eigenvalue weighted by Gasteiger charge is 2.22. The first-order chi connectivity index (χ1) is 10.1. The largest absolute Gasteiger partial charge is 0.340 e. The van der Waals surface area contributed by atoms with Crippen molar-refractivity contribution in [3.05, 3.63) is 30.3 Å². The van der Waals surface area contributed by atoms with E-state index in [1.165, 1.54) is 0 Å². The Labute approximate surface area is 126 Å². The quantitative estimate of drug-likeness (QED) is 0.836. The van der Waals surface area contributed by atoms with Gasteiger partial charge in [-0.3, -0.25) is 14.5 Å². The lowest BCUT2D eigenvalue weighted by atomic mass is 10.2. The summed E-state index contributed by atoms with van der Waals surface area (Å²) in [5.74, 6) is 0.223. The third-order valence-electron chi connectivity index (χ3n) is 3.86. The molecule has 0 unspecified atom stereocenters. The Morgan fingerprint density at radius 3 is 2.24 bits per heavy atom. The number of carbonyl (C=O) groups excluding carboxylic acids is 2. The van der Waals surface area contributed by atoms with Gasteiger partial charge in [0.1, 0.15) is 0 Å². The van der Waals surface area contributed by atoms with Crippen LogP contribution in [0.2, 0.25) is 0 Å². The van der Waals surface area contributed by atoms with Gasteiger partial charge in [0.25, 0.3) is 0 Å². The van der Waals surface area contributed by atoms with E-state index in [2.05, 4.69) is 4.90 Å². The minimum absolute atomic E-state index is 0.111. The Morgan fingerprint density at radius 2 is 1.71 bits per heavy atom. The van der Waals surface area contributed by atoms with E-state index in [0.717, 1.165) is 18.8 Å². The predicted octanol–water partition coefficient (Wildman–Crippen LogP) is 1.20. The highest BCUT2D eigenvalue weighted by atomic mass is 16.2. The summed E-state index contributed by atoms with van der Waals surface area (Å²) >= 11 is 0. The molecule has 0 atom stereocenters. The molecule has 0 aliphatic carbocycles. The number of hydrogen-bond acceptors (Lipinski definition) is 3. The Balaban J connectivity index is 1.91. The van der Waals surface area contributed by atoms with E-state index in [9.17, 15) is 9.59 Å². The lowest BCUT2D eigenvalue weighted by molar-refractivity contribution is -0.130. The van der Waals surface area contributed by atoms with Crippen molar-refractivity contribution in [3.63, 3.8) is 0 Å². The maximum Gasteiger partial charge on any atom is 0.241 e. The number of benzene rings is 1. The lowest BCUT2D eigenvalue weighted by Gasteiger charge is -2.34. The third-order valence-corrected chi connectivity index (χ3v) is 3.86. The molecule has 0 spiro atoms. The molecule has 1 aliphatic heterocycles. The van der Waals surface area contributed by atoms with Gasteiger partial charge in [0.2, 0.25) is 11.8 Å². The molecular formula is C16H23N3O2. The first-order valence-electron chi connectivity index (χ1n) is 7.45. The minimum Gasteiger partial charge on any atom is -0.340 e. The smallest absolute Gasteiger partial charge is 0.241 e. The fraction of sp³-hybridized carbons (Fsp3) is 0.500. The summed E-state index contributed by atoms with van der Waals surface area (Å²) in [5, 5.41) is 0. The summed E-state index contributed by atoms with van der Waals surface area (Å²) in [5.41, 5.74) is 0.937. The topological polar surface area (TPSA) is 43.9 Å². The Morgan fingerprint density at radius 1 is 1.10 bits per heavy atom. The van der Waals surface area contributed by atoms with E-state index >= 15 is 0 Å². The van der Waals surface area contributed by atoms with E-state index in [1.54, 1.807) is 11.8 Å². The van der Waals surface area contributed by atoms with Gasteiger partial charge in [0.05, 0.1) is 6.54 Å². The molecule has 0 N–H and O–H groups in total. The molecule has 21 heavy (non-hydrogen) atoms. The number of para-hydroxylation sites is 1. The molecule has 5 heteroatoms. The number of carbonyl (C=O) groups is 2. The molecule has 1 saturated heterocycles. The van der Waals surface area contributed by atoms with Crippen molar-refractivity contribution in [1.29, 1.82) is 0 Å². The Bertz CT molecular complexity index is 482. The number of hydrogen-bond donors (Lipinski definition) is 0. The van der Waals surface area contributed by atoms with Gasteiger partial charge < -0.3 is 9.80 Å². The number of likely N-dealkylation sites (N-methyl/N-ethyl adjacent to an activating group) is 1. The minimum atomic E-state index is 0.111. The Hall–Kier alpha value is -1.88. The number of nitrogens with zero attached hydrogens (tertiary/aromatic N) is 3. The number of rotatable bonds is 4. The van der Waals surface area contributed by atoms with Crippen LogP contribution in [0.1, 0.15) is 13.8 Å². The molecule has 1 aromatic rings. The maximum absolute atomic E-state index is 12.5. The van der Waals surface area contributed by atoms with Crippen LogP contribution in [0, 0.1) is 0 Å². The van der Waals surface area contributed by atoms with Crippen LogP contribution in [0.25, 0.3) is 0 Å². The van der Waals surface area contributed by atoms with Crippen molar-refractivity contribution < 1.29 is 9.59 Å². The van der Waals surface area contributed by atoms with Crippen molar-refractivity contribution >= 4 is 17.5 Å². The molecule has 0 saturated carbocycles. The summed E-state index contributed by atoms with van der Waals surface area (Å²) in [6.07, 6.45) is 0. The number of piperazine rings is 1. The van der Waals surface area contributed by atoms with E-state index in [0.29, 0.717) is 26.2 Å². The molecule has 2 amide bonds. The predicted molar refractivity (Wildman–Crippen MR) is 83.2 cm³/mol. The zero-order chi connectivity index (χ0) is 15.2. The fourth-order valence-electron chi connectivity index (χ4n) is 2.61. The summed E-state index contributed by atoms with van der Waals surface area (Å²) in [4.78, 5) is 29.5. The Kier molecular flexibility index (Phi) is 5.33. The maximum atomic E-state index is 12.5. The van der Waals surface area contributed by atoms with Crippen molar-refractivity contribution in [2.45, 2.75) is 13.8 Å². The zero-order valence-corrected chi connectivity index (χ0v) is 12.8. The average Bonchev–Trinajstić information content (AvgIpc) is 2.49. The normalized spacial score (nSPS) is 15.8. The molecule has 1 fully saturated rings. The highest BCUT2D eigenvalue weighted by Crippen LogP contribution is 2.13. The molecule has 2 rings (SSSR count). The van der Waals surface area contributed by atoms with Gasteiger partial charge in [-0.1, -0.05) is 18.2 Å². The molecule has 114 valence electrons. The van der Waals surface area contributed by atoms with Gasteiger partial charge in [-0.05, 0) is 19.1 Å². The lowest BCUT2D eigenvalue weighted by Crippen LogP contribution is -2.51. The van der Waals surface area contributed by atoms with Gasteiger partial charge in [-0.2, -0.15) is 0 Å². The second kappa shape index (κ2) is 7.22. The first-order valence-corrected chi connectivity index (χ1v) is 7.45. The number of anilines is 1. The van der Waals surface area contributed by atoms with Crippen LogP contribution in [-0.2, 0) is 9.59 Å². The molecule has 0 radical (unpaired) electrons. The summed E-state index contributed by atoms with van der Waals surface area (Å²) < 4.78 is 0. The SMILES string of the molecule is CCN(C(=O)CN1CCN(C(C)=O)CC1)c1ccccc1. The van der Waals surface area contributed by atoms with Gasteiger partial charge in [-0.25, -0.2) is 0 Å². The molecule has 1 heterocycles. The molecule has 0 bridgehead atoms. The second-order valence-electron chi connectivity index (χ2n) is 5.26. The summed E-state index contributed by atoms with van der Waals surface area (Å²) in [6.45, 7) is 7.59. The zero-order valence-electron chi connectivity index (χ0n) is 12.8. The average molecular weight is 289 g/mol. The van der Waals surface area contributed by atoms with Crippen molar-refractivity contribution in [1.82, 2.24) is 9.80 Å². The molecular weight excluding hydrogens is 266 g/mol. The van der Waals surface area contributed by atoms with Crippen LogP contribution in [0.5, 0.6) is 0 Å². The van der Waals surface area contributed by atoms with Gasteiger partial charge in [0.15, 0.2) is 0 Å². The van der Waals surface area contributed by atoms with Crippen LogP contribution >= 0.6 is 0 Å². The second-order valence-corrected chi connectivity index (χ2v) is 5.26. The van der Waals surface area contributed by atoms with E-state index < -0.39 is 0 Å². The van der Waals surface area contributed by atoms with Crippen LogP contribution in [0.3, 0.4) is 0 Å². The first kappa shape index (κ1) is 15.5. The van der Waals surface area contributed by atoms with Crippen molar-refractivity contribution in [2.24, 2.45) is 0 Å². The highest BCUT2D eigenvalue weighted by molar-refractivity contribution is 5.94. The summed E-state index contributed by atoms with van der Waals surface area (Å²) in [6, 6.07) is 9.74. The number of amides is 2. The van der Waals surface area contributed by atoms with Crippen molar-refractivity contribution in [3.8, 4) is 0 Å². The molecule has 0 aromatic heterocycles. The van der Waals surface area contributed by atoms with E-state index in [4.69, 9.17) is 0 Å². The van der Waals surface area contributed by atoms with Crippen molar-refractivity contribution in [2.75, 3.05) is 44.2 Å². The van der Waals surface area contributed by atoms with Crippen LogP contribution in [-0.4, -0.2) is 60.9 Å². The van der Waals surface area contributed by atoms with E-state index in [1.807, 2.05) is 42.2 Å². The van der Waals surface area contributed by atoms with E-state index in [-0.39, 0.29) is 11.8 Å². The van der Waals surface area contributed by atoms with Crippen LogP contribution in [0.4, 0.5) is 5.69 Å². The third kappa shape index (κ3) is 4.04. The molecule has 5 nitrogen and oxygen atoms in total. The molecule has 1 aromatic carbocycles. The summed E-state index contributed by atoms with van der Waals surface area (Å²) in [7, 11) is 0. The van der Waals surface area contributed by atoms with Crippen LogP contribution < -0.4 is 4.90 Å².